The fourth-order valence-corrected chi connectivity index (χ4v) is 0. The quantitative estimate of drug-likeness (QED) is 0.448. The van der Waals surface area contributed by atoms with Gasteiger partial charge in [-0.15, -0.1) is 0 Å². The van der Waals surface area contributed by atoms with Crippen LogP contribution in [-0.2, 0) is 0 Å². The van der Waals surface area contributed by atoms with E-state index in [-0.39, 0.29) is 0 Å². The van der Waals surface area contributed by atoms with Gasteiger partial charge in [0, 0.05) is 11.0 Å². The summed E-state index contributed by atoms with van der Waals surface area (Å²) in [6.07, 6.45) is 0. The molecule has 0 aromatic rings. The zero-order chi connectivity index (χ0) is 9.50. The average molecular weight is 198 g/mol. The summed E-state index contributed by atoms with van der Waals surface area (Å²) < 4.78 is 66.0. The third-order valence-corrected chi connectivity index (χ3v) is 0.854. The van der Waals surface area contributed by atoms with E-state index in [0.717, 1.165) is 0 Å². The van der Waals surface area contributed by atoms with Crippen LogP contribution >= 0.6 is 15.9 Å². The molecule has 0 aromatic heterocycles. The number of rotatable bonds is 1. The Morgan fingerprint density at radius 1 is 1.38 bits per heavy atom. The van der Waals surface area contributed by atoms with Crippen molar-refractivity contribution < 1.29 is 21.7 Å². The van der Waals surface area contributed by atoms with Gasteiger partial charge in [-0.05, 0) is 15.9 Å². The first-order valence-electron chi connectivity index (χ1n) is 2.94. The first-order valence-corrected chi connectivity index (χ1v) is 2.24. The molecule has 8 heavy (non-hydrogen) atoms. The highest BCUT2D eigenvalue weighted by Gasteiger charge is 2.49. The Morgan fingerprint density at radius 3 is 1.75 bits per heavy atom. The number of halogens is 5. The molecular formula is C3H3BrF4. The second kappa shape index (κ2) is 1.86. The molecule has 0 aliphatic rings. The Balaban J connectivity index is 4.75. The molecule has 0 atom stereocenters. The summed E-state index contributed by atoms with van der Waals surface area (Å²) in [4.78, 5) is -4.70. The van der Waals surface area contributed by atoms with Crippen molar-refractivity contribution in [2.45, 2.75) is 17.6 Å². The van der Waals surface area contributed by atoms with E-state index in [9.17, 15) is 17.6 Å². The van der Waals surface area contributed by atoms with E-state index >= 15 is 0 Å². The lowest BCUT2D eigenvalue weighted by Gasteiger charge is -2.15. The van der Waals surface area contributed by atoms with Gasteiger partial charge in [0.1, 0.15) is 0 Å². The molecule has 0 fully saturated rings. The molecule has 50 valence electrons. The van der Waals surface area contributed by atoms with Gasteiger partial charge >= 0.3 is 10.8 Å². The molecule has 0 rings (SSSR count). The van der Waals surface area contributed by atoms with E-state index in [1.807, 2.05) is 0 Å². The van der Waals surface area contributed by atoms with E-state index < -0.39 is 17.6 Å². The molecule has 0 heterocycles. The van der Waals surface area contributed by atoms with Gasteiger partial charge in [0.2, 0.25) is 0 Å². The van der Waals surface area contributed by atoms with Crippen molar-refractivity contribution in [2.24, 2.45) is 0 Å². The molecule has 0 aliphatic heterocycles. The monoisotopic (exact) mass is 197 g/mol. The number of alkyl halides is 5. The standard InChI is InChI=1S/C3H3BrF4/c1-2(5,6)3(4,7)8/h1H3/i1D3. The van der Waals surface area contributed by atoms with E-state index in [2.05, 4.69) is 0 Å². The zero-order valence-corrected chi connectivity index (χ0v) is 4.98. The van der Waals surface area contributed by atoms with E-state index in [1.165, 1.54) is 15.9 Å². The number of hydrogen-bond acceptors (Lipinski definition) is 0. The Labute approximate surface area is 56.2 Å². The van der Waals surface area contributed by atoms with Crippen molar-refractivity contribution in [2.75, 3.05) is 0 Å². The second-order valence-corrected chi connectivity index (χ2v) is 2.07. The van der Waals surface area contributed by atoms with Gasteiger partial charge in [0.15, 0.2) is 0 Å². The predicted octanol–water partition coefficient (Wildman–Crippen LogP) is 2.63. The van der Waals surface area contributed by atoms with Crippen LogP contribution in [0.3, 0.4) is 0 Å². The first-order chi connectivity index (χ1) is 4.50. The van der Waals surface area contributed by atoms with Crippen LogP contribution in [0.2, 0.25) is 0 Å². The maximum Gasteiger partial charge on any atom is 0.363 e. The van der Waals surface area contributed by atoms with Crippen LogP contribution in [0.1, 0.15) is 11.0 Å². The second-order valence-electron chi connectivity index (χ2n) is 1.07. The van der Waals surface area contributed by atoms with E-state index in [4.69, 9.17) is 4.11 Å². The minimum absolute atomic E-state index is 1.29. The Kier molecular flexibility index (Phi) is 0.950. The van der Waals surface area contributed by atoms with Gasteiger partial charge in [0.05, 0.1) is 0 Å². The minimum Gasteiger partial charge on any atom is -0.199 e. The fourth-order valence-electron chi connectivity index (χ4n) is 0. The highest BCUT2D eigenvalue weighted by Crippen LogP contribution is 2.38. The fraction of sp³-hybridized carbons (Fsp3) is 1.00. The van der Waals surface area contributed by atoms with Crippen molar-refractivity contribution in [1.82, 2.24) is 0 Å². The topological polar surface area (TPSA) is 0 Å². The summed E-state index contributed by atoms with van der Waals surface area (Å²) >= 11 is 1.29. The molecule has 0 saturated carbocycles. The van der Waals surface area contributed by atoms with Crippen molar-refractivity contribution in [3.8, 4) is 0 Å². The third kappa shape index (κ3) is 1.98. The normalized spacial score (nSPS) is 21.4. The third-order valence-electron chi connectivity index (χ3n) is 0.356. The van der Waals surface area contributed by atoms with Crippen molar-refractivity contribution in [3.63, 3.8) is 0 Å². The van der Waals surface area contributed by atoms with Gasteiger partial charge in [0.25, 0.3) is 0 Å². The van der Waals surface area contributed by atoms with Crippen LogP contribution in [0.5, 0.6) is 0 Å². The van der Waals surface area contributed by atoms with E-state index in [1.54, 1.807) is 0 Å². The Hall–Kier alpha value is 0.200. The smallest absolute Gasteiger partial charge is 0.199 e. The molecule has 0 aromatic carbocycles. The van der Waals surface area contributed by atoms with Crippen LogP contribution in [-0.4, -0.2) is 10.8 Å². The molecular weight excluding hydrogens is 192 g/mol. The van der Waals surface area contributed by atoms with E-state index in [0.29, 0.717) is 0 Å². The minimum atomic E-state index is -5.04. The van der Waals surface area contributed by atoms with Crippen LogP contribution in [0.4, 0.5) is 17.6 Å². The van der Waals surface area contributed by atoms with Gasteiger partial charge in [-0.25, -0.2) is 0 Å². The van der Waals surface area contributed by atoms with Gasteiger partial charge in [-0.2, -0.15) is 17.6 Å². The molecule has 0 radical (unpaired) electrons. The molecule has 0 N–H and O–H groups in total. The lowest BCUT2D eigenvalue weighted by atomic mass is 10.4. The van der Waals surface area contributed by atoms with Crippen molar-refractivity contribution in [3.05, 3.63) is 0 Å². The van der Waals surface area contributed by atoms with Gasteiger partial charge in [-0.3, -0.25) is 0 Å². The SMILES string of the molecule is [2H]C([2H])([2H])C(F)(F)C(F)(F)Br. The summed E-state index contributed by atoms with van der Waals surface area (Å²) in [5.41, 5.74) is 0. The van der Waals surface area contributed by atoms with Gasteiger partial charge in [-0.1, -0.05) is 0 Å². The summed E-state index contributed by atoms with van der Waals surface area (Å²) in [5.74, 6) is -5.04. The van der Waals surface area contributed by atoms with Crippen molar-refractivity contribution >= 4 is 15.9 Å². The first kappa shape index (κ1) is 4.09. The van der Waals surface area contributed by atoms with Crippen LogP contribution < -0.4 is 0 Å². The Bertz CT molecular complexity index is 132. The maximum absolute atomic E-state index is 12.1. The summed E-state index contributed by atoms with van der Waals surface area (Å²) in [5, 5.41) is 0. The highest BCUT2D eigenvalue weighted by molar-refractivity contribution is 9.10. The summed E-state index contributed by atoms with van der Waals surface area (Å²) in [6, 6.07) is 0. The number of hydrogen-bond donors (Lipinski definition) is 0. The molecule has 0 nitrogen and oxygen atoms in total. The molecule has 0 amide bonds. The molecule has 0 aliphatic carbocycles. The molecule has 0 saturated heterocycles. The largest absolute Gasteiger partial charge is 0.363 e. The molecule has 5 heteroatoms. The highest BCUT2D eigenvalue weighted by atomic mass is 79.9. The zero-order valence-electron chi connectivity index (χ0n) is 6.39. The van der Waals surface area contributed by atoms with Crippen LogP contribution in [0.25, 0.3) is 0 Å². The van der Waals surface area contributed by atoms with Crippen molar-refractivity contribution in [1.29, 1.82) is 0 Å². The summed E-state index contributed by atoms with van der Waals surface area (Å²) in [7, 11) is 0. The van der Waals surface area contributed by atoms with Gasteiger partial charge < -0.3 is 0 Å². The predicted molar refractivity (Wildman–Crippen MR) is 24.5 cm³/mol. The van der Waals surface area contributed by atoms with Crippen LogP contribution in [0.15, 0.2) is 0 Å². The average Bonchev–Trinajstić information content (AvgIpc) is 1.58. The molecule has 0 bridgehead atoms. The maximum atomic E-state index is 12.1. The molecule has 0 spiro atoms. The van der Waals surface area contributed by atoms with Crippen LogP contribution in [0, 0.1) is 0 Å². The summed E-state index contributed by atoms with van der Waals surface area (Å²) in [6.45, 7) is -4.00. The molecule has 0 unspecified atom stereocenters. The lowest BCUT2D eigenvalue weighted by molar-refractivity contribution is -0.133. The lowest BCUT2D eigenvalue weighted by Crippen LogP contribution is -2.30. The Morgan fingerprint density at radius 2 is 1.75 bits per heavy atom.